The number of rotatable bonds is 4. The van der Waals surface area contributed by atoms with Gasteiger partial charge in [-0.1, -0.05) is 17.3 Å². The number of hydrogen-bond donors (Lipinski definition) is 2. The van der Waals surface area contributed by atoms with Crippen LogP contribution in [0.3, 0.4) is 0 Å². The van der Waals surface area contributed by atoms with Crippen LogP contribution in [0.15, 0.2) is 33.9 Å². The molecule has 0 unspecified atom stereocenters. The summed E-state index contributed by atoms with van der Waals surface area (Å²) in [6.45, 7) is 0. The summed E-state index contributed by atoms with van der Waals surface area (Å²) in [6, 6.07) is 6.03. The first-order chi connectivity index (χ1) is 9.33. The molecule has 0 aliphatic rings. The lowest BCUT2D eigenvalue weighted by molar-refractivity contribution is 0.100. The Morgan fingerprint density at radius 1 is 1.40 bits per heavy atom. The van der Waals surface area contributed by atoms with Gasteiger partial charge in [-0.2, -0.15) is 8.42 Å². The highest BCUT2D eigenvalue weighted by atomic mass is 79.9. The molecule has 1 aromatic heterocycles. The molecule has 0 aliphatic heterocycles. The van der Waals surface area contributed by atoms with E-state index < -0.39 is 15.9 Å². The van der Waals surface area contributed by atoms with Gasteiger partial charge in [-0.15, -0.1) is 5.10 Å². The van der Waals surface area contributed by atoms with Crippen LogP contribution in [-0.4, -0.2) is 29.3 Å². The maximum Gasteiger partial charge on any atom is 0.281 e. The highest BCUT2D eigenvalue weighted by molar-refractivity contribution is 9.10. The molecule has 1 heterocycles. The largest absolute Gasteiger partial charge is 0.366 e. The second-order valence-electron chi connectivity index (χ2n) is 3.82. The van der Waals surface area contributed by atoms with Crippen molar-refractivity contribution in [3.8, 4) is 0 Å². The summed E-state index contributed by atoms with van der Waals surface area (Å²) in [5, 5.41) is 7.04. The van der Waals surface area contributed by atoms with E-state index in [1.54, 1.807) is 12.1 Å². The van der Waals surface area contributed by atoms with Crippen molar-refractivity contribution in [2.24, 2.45) is 12.8 Å². The molecule has 10 heteroatoms. The molecule has 0 spiro atoms. The lowest BCUT2D eigenvalue weighted by atomic mass is 10.2. The number of amides is 1. The summed E-state index contributed by atoms with van der Waals surface area (Å²) >= 11 is 3.01. The van der Waals surface area contributed by atoms with Gasteiger partial charge < -0.3 is 5.73 Å². The maximum absolute atomic E-state index is 12.3. The summed E-state index contributed by atoms with van der Waals surface area (Å²) in [6.07, 6.45) is 0. The second kappa shape index (κ2) is 5.21. The van der Waals surface area contributed by atoms with Crippen LogP contribution in [0.4, 0.5) is 5.69 Å². The number of sulfonamides is 1. The van der Waals surface area contributed by atoms with Crippen LogP contribution < -0.4 is 10.5 Å². The molecular formula is C10H10BrN5O3S. The third-order valence-corrected chi connectivity index (χ3v) is 4.68. The van der Waals surface area contributed by atoms with Crippen molar-refractivity contribution in [1.29, 1.82) is 0 Å². The van der Waals surface area contributed by atoms with Crippen molar-refractivity contribution in [3.63, 3.8) is 0 Å². The van der Waals surface area contributed by atoms with E-state index in [9.17, 15) is 13.2 Å². The molecule has 0 saturated carbocycles. The van der Waals surface area contributed by atoms with Crippen molar-refractivity contribution >= 4 is 37.5 Å². The van der Waals surface area contributed by atoms with Crippen molar-refractivity contribution < 1.29 is 13.2 Å². The quantitative estimate of drug-likeness (QED) is 0.822. The third kappa shape index (κ3) is 2.65. The van der Waals surface area contributed by atoms with Gasteiger partial charge >= 0.3 is 0 Å². The van der Waals surface area contributed by atoms with Crippen LogP contribution in [0.1, 0.15) is 10.4 Å². The minimum atomic E-state index is -3.95. The molecule has 0 saturated heterocycles. The Balaban J connectivity index is 2.47. The van der Waals surface area contributed by atoms with Crippen molar-refractivity contribution in [2.75, 3.05) is 4.72 Å². The number of benzene rings is 1. The second-order valence-corrected chi connectivity index (χ2v) is 6.17. The number of nitrogens with one attached hydrogen (secondary N) is 1. The van der Waals surface area contributed by atoms with E-state index in [0.717, 1.165) is 4.68 Å². The molecule has 20 heavy (non-hydrogen) atoms. The smallest absolute Gasteiger partial charge is 0.281 e. The van der Waals surface area contributed by atoms with Gasteiger partial charge in [-0.3, -0.25) is 9.52 Å². The van der Waals surface area contributed by atoms with E-state index in [4.69, 9.17) is 5.73 Å². The average Bonchev–Trinajstić information content (AvgIpc) is 2.69. The number of hydrogen-bond acceptors (Lipinski definition) is 5. The van der Waals surface area contributed by atoms with Crippen LogP contribution in [-0.2, 0) is 17.1 Å². The molecular weight excluding hydrogens is 350 g/mol. The molecule has 0 radical (unpaired) electrons. The number of anilines is 1. The predicted molar refractivity (Wildman–Crippen MR) is 74.5 cm³/mol. The summed E-state index contributed by atoms with van der Waals surface area (Å²) < 4.78 is 28.0. The fourth-order valence-corrected chi connectivity index (χ4v) is 3.77. The van der Waals surface area contributed by atoms with Crippen LogP contribution in [0, 0.1) is 0 Å². The van der Waals surface area contributed by atoms with Crippen molar-refractivity contribution in [1.82, 2.24) is 15.0 Å². The normalized spacial score (nSPS) is 11.3. The van der Waals surface area contributed by atoms with Gasteiger partial charge in [0, 0.05) is 7.05 Å². The van der Waals surface area contributed by atoms with Gasteiger partial charge in [-0.05, 0) is 28.1 Å². The standard InChI is InChI=1S/C10H10BrN5O3S/c1-16-10(8(11)13-15-16)20(18,19)14-7-5-3-2-4-6(7)9(12)17/h2-5,14H,1H3,(H2,12,17). The number of aryl methyl sites for hydroxylation is 1. The Labute approximate surface area is 123 Å². The highest BCUT2D eigenvalue weighted by Gasteiger charge is 2.25. The molecule has 1 aromatic carbocycles. The molecule has 106 valence electrons. The SMILES string of the molecule is Cn1nnc(Br)c1S(=O)(=O)Nc1ccccc1C(N)=O. The van der Waals surface area contributed by atoms with Crippen LogP contribution in [0.5, 0.6) is 0 Å². The first kappa shape index (κ1) is 14.5. The summed E-state index contributed by atoms with van der Waals surface area (Å²) in [5.74, 6) is -0.731. The number of primary amides is 1. The number of nitrogens with zero attached hydrogens (tertiary/aromatic N) is 3. The zero-order chi connectivity index (χ0) is 14.9. The minimum Gasteiger partial charge on any atom is -0.366 e. The highest BCUT2D eigenvalue weighted by Crippen LogP contribution is 2.23. The third-order valence-electron chi connectivity index (χ3n) is 2.43. The Kier molecular flexibility index (Phi) is 3.77. The monoisotopic (exact) mass is 359 g/mol. The van der Waals surface area contributed by atoms with E-state index >= 15 is 0 Å². The molecule has 1 amide bonds. The van der Waals surface area contributed by atoms with E-state index in [2.05, 4.69) is 31.0 Å². The molecule has 2 aromatic rings. The molecule has 0 atom stereocenters. The van der Waals surface area contributed by atoms with Crippen LogP contribution in [0.25, 0.3) is 0 Å². The molecule has 0 fully saturated rings. The van der Waals surface area contributed by atoms with E-state index in [1.165, 1.54) is 19.2 Å². The van der Waals surface area contributed by atoms with Crippen molar-refractivity contribution in [3.05, 3.63) is 34.4 Å². The average molecular weight is 360 g/mol. The summed E-state index contributed by atoms with van der Waals surface area (Å²) in [7, 11) is -2.52. The molecule has 8 nitrogen and oxygen atoms in total. The number of para-hydroxylation sites is 1. The number of carbonyl (C=O) groups is 1. The number of aromatic nitrogens is 3. The predicted octanol–water partition coefficient (Wildman–Crippen LogP) is 0.477. The molecule has 0 aliphatic carbocycles. The fourth-order valence-electron chi connectivity index (χ4n) is 1.59. The summed E-state index contributed by atoms with van der Waals surface area (Å²) in [5.41, 5.74) is 5.36. The fraction of sp³-hybridized carbons (Fsp3) is 0.100. The van der Waals surface area contributed by atoms with Crippen molar-refractivity contribution in [2.45, 2.75) is 5.03 Å². The zero-order valence-electron chi connectivity index (χ0n) is 10.2. The van der Waals surface area contributed by atoms with Gasteiger partial charge in [0.25, 0.3) is 15.9 Å². The number of nitrogens with two attached hydrogens (primary N) is 1. The molecule has 0 bridgehead atoms. The Morgan fingerprint density at radius 2 is 2.05 bits per heavy atom. The summed E-state index contributed by atoms with van der Waals surface area (Å²) in [4.78, 5) is 11.3. The Morgan fingerprint density at radius 3 is 2.60 bits per heavy atom. The minimum absolute atomic E-state index is 0.0716. The molecule has 3 N–H and O–H groups in total. The lowest BCUT2D eigenvalue weighted by Gasteiger charge is -2.10. The topological polar surface area (TPSA) is 120 Å². The van der Waals surface area contributed by atoms with E-state index in [1.807, 2.05) is 0 Å². The lowest BCUT2D eigenvalue weighted by Crippen LogP contribution is -2.20. The Hall–Kier alpha value is -1.94. The first-order valence-corrected chi connectivity index (χ1v) is 7.57. The van der Waals surface area contributed by atoms with E-state index in [-0.39, 0.29) is 20.9 Å². The molecule has 2 rings (SSSR count). The Bertz CT molecular complexity index is 751. The van der Waals surface area contributed by atoms with Crippen LogP contribution in [0.2, 0.25) is 0 Å². The number of carbonyl (C=O) groups excluding carboxylic acids is 1. The van der Waals surface area contributed by atoms with Gasteiger partial charge in [0.1, 0.15) is 0 Å². The van der Waals surface area contributed by atoms with Gasteiger partial charge in [0.15, 0.2) is 4.60 Å². The van der Waals surface area contributed by atoms with Gasteiger partial charge in [0.05, 0.1) is 11.3 Å². The van der Waals surface area contributed by atoms with Crippen LogP contribution >= 0.6 is 15.9 Å². The first-order valence-electron chi connectivity index (χ1n) is 5.30. The van der Waals surface area contributed by atoms with E-state index in [0.29, 0.717) is 0 Å². The maximum atomic E-state index is 12.3. The van der Waals surface area contributed by atoms with Gasteiger partial charge in [0.2, 0.25) is 5.03 Å². The zero-order valence-corrected chi connectivity index (χ0v) is 12.6. The van der Waals surface area contributed by atoms with Gasteiger partial charge in [-0.25, -0.2) is 4.68 Å². The number of halogens is 1.